The number of rotatable bonds is 7. The first kappa shape index (κ1) is 20.9. The Bertz CT molecular complexity index is 802. The van der Waals surface area contributed by atoms with Crippen LogP contribution in [0.25, 0.3) is 0 Å². The Kier molecular flexibility index (Phi) is 7.64. The molecule has 2 aromatic rings. The van der Waals surface area contributed by atoms with E-state index in [4.69, 9.17) is 4.74 Å². The zero-order chi connectivity index (χ0) is 20.5. The second kappa shape index (κ2) is 10.6. The lowest BCUT2D eigenvalue weighted by atomic mass is 9.96. The van der Waals surface area contributed by atoms with E-state index < -0.39 is 11.8 Å². The second-order valence-corrected chi connectivity index (χ2v) is 7.42. The zero-order valence-corrected chi connectivity index (χ0v) is 16.9. The Balaban J connectivity index is 1.35. The van der Waals surface area contributed by atoms with E-state index in [1.54, 1.807) is 31.4 Å². The van der Waals surface area contributed by atoms with Crippen LogP contribution in [0, 0.1) is 5.92 Å². The van der Waals surface area contributed by atoms with Gasteiger partial charge in [-0.25, -0.2) is 0 Å². The molecule has 0 unspecified atom stereocenters. The molecule has 0 radical (unpaired) electrons. The molecule has 3 rings (SSSR count). The first-order valence-electron chi connectivity index (χ1n) is 10.1. The Morgan fingerprint density at radius 1 is 1.03 bits per heavy atom. The molecule has 6 heteroatoms. The van der Waals surface area contributed by atoms with E-state index in [1.807, 2.05) is 6.07 Å². The molecule has 29 heavy (non-hydrogen) atoms. The van der Waals surface area contributed by atoms with Gasteiger partial charge in [0.05, 0.1) is 7.11 Å². The first-order valence-corrected chi connectivity index (χ1v) is 10.1. The van der Waals surface area contributed by atoms with Crippen LogP contribution < -0.4 is 15.4 Å². The van der Waals surface area contributed by atoms with Crippen molar-refractivity contribution in [3.8, 4) is 5.75 Å². The summed E-state index contributed by atoms with van der Waals surface area (Å²) < 4.78 is 5.12. The monoisotopic (exact) mass is 395 g/mol. The number of benzene rings is 2. The minimum Gasteiger partial charge on any atom is -0.497 e. The lowest BCUT2D eigenvalue weighted by Crippen LogP contribution is -2.42. The number of anilines is 1. The third-order valence-electron chi connectivity index (χ3n) is 5.35. The van der Waals surface area contributed by atoms with Crippen LogP contribution in [0.5, 0.6) is 5.75 Å². The zero-order valence-electron chi connectivity index (χ0n) is 16.9. The molecule has 0 bridgehead atoms. The highest BCUT2D eigenvalue weighted by molar-refractivity contribution is 6.39. The summed E-state index contributed by atoms with van der Waals surface area (Å²) in [5, 5.41) is 5.38. The number of carbonyl (C=O) groups is 2. The molecular weight excluding hydrogens is 366 g/mol. The molecular formula is C23H29N3O3. The van der Waals surface area contributed by atoms with Crippen LogP contribution in [-0.4, -0.2) is 50.0 Å². The van der Waals surface area contributed by atoms with Crippen LogP contribution in [-0.2, 0) is 16.0 Å². The fourth-order valence-corrected chi connectivity index (χ4v) is 3.55. The van der Waals surface area contributed by atoms with E-state index in [0.29, 0.717) is 23.9 Å². The van der Waals surface area contributed by atoms with Gasteiger partial charge in [-0.2, -0.15) is 0 Å². The standard InChI is InChI=1S/C23H29N3O3/c1-29-21-9-5-8-20(16-21)25-23(28)22(27)24-17-19-11-14-26(15-12-19)13-10-18-6-3-2-4-7-18/h2-9,16,19H,10-15,17H2,1H3,(H,24,27)(H,25,28). The van der Waals surface area contributed by atoms with Crippen molar-refractivity contribution in [2.45, 2.75) is 19.3 Å². The van der Waals surface area contributed by atoms with E-state index >= 15 is 0 Å². The number of hydrogen-bond donors (Lipinski definition) is 2. The van der Waals surface area contributed by atoms with Crippen molar-refractivity contribution in [3.05, 3.63) is 60.2 Å². The van der Waals surface area contributed by atoms with Gasteiger partial charge in [-0.15, -0.1) is 0 Å². The summed E-state index contributed by atoms with van der Waals surface area (Å²) in [7, 11) is 1.56. The molecule has 0 atom stereocenters. The first-order chi connectivity index (χ1) is 14.1. The predicted molar refractivity (Wildman–Crippen MR) is 114 cm³/mol. The van der Waals surface area contributed by atoms with Gasteiger partial charge in [-0.3, -0.25) is 9.59 Å². The van der Waals surface area contributed by atoms with Crippen molar-refractivity contribution in [1.29, 1.82) is 0 Å². The lowest BCUT2D eigenvalue weighted by Gasteiger charge is -2.32. The van der Waals surface area contributed by atoms with Gasteiger partial charge in [-0.1, -0.05) is 36.4 Å². The summed E-state index contributed by atoms with van der Waals surface area (Å²) >= 11 is 0. The van der Waals surface area contributed by atoms with Gasteiger partial charge in [0.15, 0.2) is 0 Å². The van der Waals surface area contributed by atoms with Crippen molar-refractivity contribution < 1.29 is 14.3 Å². The van der Waals surface area contributed by atoms with Crippen molar-refractivity contribution in [2.24, 2.45) is 5.92 Å². The molecule has 6 nitrogen and oxygen atoms in total. The highest BCUT2D eigenvalue weighted by atomic mass is 16.5. The third kappa shape index (κ3) is 6.61. The van der Waals surface area contributed by atoms with Gasteiger partial charge < -0.3 is 20.3 Å². The van der Waals surface area contributed by atoms with Crippen LogP contribution in [0.2, 0.25) is 0 Å². The van der Waals surface area contributed by atoms with E-state index in [0.717, 1.165) is 38.9 Å². The van der Waals surface area contributed by atoms with Gasteiger partial charge >= 0.3 is 11.8 Å². The number of ether oxygens (including phenoxy) is 1. The molecule has 1 aliphatic heterocycles. The molecule has 0 saturated carbocycles. The summed E-state index contributed by atoms with van der Waals surface area (Å²) in [4.78, 5) is 26.7. The lowest BCUT2D eigenvalue weighted by molar-refractivity contribution is -0.136. The summed E-state index contributed by atoms with van der Waals surface area (Å²) in [6.07, 6.45) is 3.13. The number of carbonyl (C=O) groups excluding carboxylic acids is 2. The van der Waals surface area contributed by atoms with Gasteiger partial charge in [0.25, 0.3) is 0 Å². The molecule has 1 saturated heterocycles. The Morgan fingerprint density at radius 2 is 1.79 bits per heavy atom. The summed E-state index contributed by atoms with van der Waals surface area (Å²) in [6.45, 7) is 3.66. The van der Waals surface area contributed by atoms with Crippen molar-refractivity contribution in [1.82, 2.24) is 10.2 Å². The van der Waals surface area contributed by atoms with Crippen LogP contribution in [0.4, 0.5) is 5.69 Å². The Hall–Kier alpha value is -2.86. The minimum atomic E-state index is -0.654. The molecule has 1 aliphatic rings. The second-order valence-electron chi connectivity index (χ2n) is 7.42. The highest BCUT2D eigenvalue weighted by Crippen LogP contribution is 2.18. The van der Waals surface area contributed by atoms with E-state index in [2.05, 4.69) is 39.8 Å². The molecule has 0 aliphatic carbocycles. The molecule has 1 fully saturated rings. The topological polar surface area (TPSA) is 70.7 Å². The van der Waals surface area contributed by atoms with Crippen molar-refractivity contribution in [2.75, 3.05) is 38.6 Å². The molecule has 2 aromatic carbocycles. The molecule has 2 N–H and O–H groups in total. The summed E-state index contributed by atoms with van der Waals surface area (Å²) in [5.74, 6) is -0.211. The maximum absolute atomic E-state index is 12.1. The van der Waals surface area contributed by atoms with Crippen molar-refractivity contribution in [3.63, 3.8) is 0 Å². The quantitative estimate of drug-likeness (QED) is 0.707. The fourth-order valence-electron chi connectivity index (χ4n) is 3.55. The van der Waals surface area contributed by atoms with E-state index in [9.17, 15) is 9.59 Å². The average molecular weight is 396 g/mol. The van der Waals surface area contributed by atoms with E-state index in [1.165, 1.54) is 5.56 Å². The molecule has 0 aromatic heterocycles. The molecule has 1 heterocycles. The fraction of sp³-hybridized carbons (Fsp3) is 0.391. The number of amides is 2. The van der Waals surface area contributed by atoms with Crippen LogP contribution in [0.3, 0.4) is 0 Å². The summed E-state index contributed by atoms with van der Waals surface area (Å²) in [5.41, 5.74) is 1.90. The number of nitrogens with zero attached hydrogens (tertiary/aromatic N) is 1. The van der Waals surface area contributed by atoms with Gasteiger partial charge in [-0.05, 0) is 56.0 Å². The molecule has 154 valence electrons. The third-order valence-corrected chi connectivity index (χ3v) is 5.35. The van der Waals surface area contributed by atoms with Gasteiger partial charge in [0.2, 0.25) is 0 Å². The smallest absolute Gasteiger partial charge is 0.313 e. The number of likely N-dealkylation sites (tertiary alicyclic amines) is 1. The van der Waals surface area contributed by atoms with Crippen molar-refractivity contribution >= 4 is 17.5 Å². The number of piperidine rings is 1. The highest BCUT2D eigenvalue weighted by Gasteiger charge is 2.21. The largest absolute Gasteiger partial charge is 0.497 e. The maximum atomic E-state index is 12.1. The van der Waals surface area contributed by atoms with Crippen LogP contribution in [0.1, 0.15) is 18.4 Å². The van der Waals surface area contributed by atoms with Gasteiger partial charge in [0.1, 0.15) is 5.75 Å². The normalized spacial score (nSPS) is 14.9. The Morgan fingerprint density at radius 3 is 2.52 bits per heavy atom. The number of hydrogen-bond acceptors (Lipinski definition) is 4. The van der Waals surface area contributed by atoms with Crippen LogP contribution >= 0.6 is 0 Å². The number of methoxy groups -OCH3 is 1. The number of nitrogens with one attached hydrogen (secondary N) is 2. The minimum absolute atomic E-state index is 0.413. The summed E-state index contributed by atoms with van der Waals surface area (Å²) in [6, 6.07) is 17.5. The molecule has 0 spiro atoms. The maximum Gasteiger partial charge on any atom is 0.313 e. The van der Waals surface area contributed by atoms with Crippen LogP contribution in [0.15, 0.2) is 54.6 Å². The molecule has 2 amide bonds. The SMILES string of the molecule is COc1cccc(NC(=O)C(=O)NCC2CCN(CCc3ccccc3)CC2)c1. The predicted octanol–water partition coefficient (Wildman–Crippen LogP) is 2.70. The van der Waals surface area contributed by atoms with Gasteiger partial charge in [0, 0.05) is 24.8 Å². The Labute approximate surface area is 172 Å². The van der Waals surface area contributed by atoms with E-state index in [-0.39, 0.29) is 0 Å². The average Bonchev–Trinajstić information content (AvgIpc) is 2.77.